The zero-order valence-corrected chi connectivity index (χ0v) is 12.3. The maximum absolute atomic E-state index is 12.2. The molecule has 2 aromatic heterocycles. The van der Waals surface area contributed by atoms with Crippen LogP contribution in [-0.2, 0) is 17.8 Å². The number of ketones is 1. The number of hydrogen-bond acceptors (Lipinski definition) is 4. The van der Waals surface area contributed by atoms with Crippen molar-refractivity contribution in [2.75, 3.05) is 0 Å². The number of imidazole rings is 1. The van der Waals surface area contributed by atoms with E-state index in [4.69, 9.17) is 0 Å². The van der Waals surface area contributed by atoms with Gasteiger partial charge in [-0.15, -0.1) is 11.3 Å². The van der Waals surface area contributed by atoms with Crippen molar-refractivity contribution in [3.63, 3.8) is 0 Å². The lowest BCUT2D eigenvalue weighted by Crippen LogP contribution is -2.11. The Morgan fingerprint density at radius 1 is 1.30 bits per heavy atom. The number of thiazole rings is 1. The largest absolute Gasteiger partial charge is 0.323 e. The number of benzene rings is 1. The number of carbonyl (C=O) groups is 1. The van der Waals surface area contributed by atoms with Crippen molar-refractivity contribution in [3.8, 4) is 0 Å². The number of hydrogen-bond donors (Lipinski definition) is 0. The van der Waals surface area contributed by atoms with Gasteiger partial charge in [0.25, 0.3) is 0 Å². The third-order valence-corrected chi connectivity index (χ3v) is 4.37. The first-order valence-corrected chi connectivity index (χ1v) is 7.29. The smallest absolute Gasteiger partial charge is 0.159 e. The van der Waals surface area contributed by atoms with Gasteiger partial charge in [0.15, 0.2) is 5.78 Å². The van der Waals surface area contributed by atoms with Crippen LogP contribution in [0.1, 0.15) is 15.6 Å². The van der Waals surface area contributed by atoms with Gasteiger partial charge in [0.05, 0.1) is 36.0 Å². The van der Waals surface area contributed by atoms with Gasteiger partial charge >= 0.3 is 0 Å². The summed E-state index contributed by atoms with van der Waals surface area (Å²) in [6, 6.07) is 7.83. The summed E-state index contributed by atoms with van der Waals surface area (Å²) in [4.78, 5) is 22.1. The Bertz CT molecular complexity index is 753. The molecule has 0 N–H and O–H groups in total. The molecule has 0 spiro atoms. The number of para-hydroxylation sites is 2. The van der Waals surface area contributed by atoms with Crippen molar-refractivity contribution in [2.45, 2.75) is 26.8 Å². The molecular weight excluding hydrogens is 270 g/mol. The maximum Gasteiger partial charge on any atom is 0.159 e. The second kappa shape index (κ2) is 5.17. The number of Topliss-reactive ketones (excluding diaryl/α,β-unsaturated/α-hetero) is 1. The Labute approximate surface area is 121 Å². The molecule has 3 rings (SSSR count). The summed E-state index contributed by atoms with van der Waals surface area (Å²) in [6.45, 7) is 4.35. The van der Waals surface area contributed by atoms with E-state index in [-0.39, 0.29) is 5.78 Å². The highest BCUT2D eigenvalue weighted by Crippen LogP contribution is 2.18. The number of aromatic nitrogens is 3. The van der Waals surface area contributed by atoms with Crippen molar-refractivity contribution in [1.29, 1.82) is 0 Å². The molecule has 5 heteroatoms. The number of rotatable bonds is 4. The van der Waals surface area contributed by atoms with Crippen LogP contribution in [0.5, 0.6) is 0 Å². The highest BCUT2D eigenvalue weighted by molar-refractivity contribution is 7.11. The van der Waals surface area contributed by atoms with Crippen LogP contribution in [0.25, 0.3) is 11.0 Å². The molecule has 0 atom stereocenters. The minimum atomic E-state index is 0.155. The second-order valence-electron chi connectivity index (χ2n) is 4.83. The Kier molecular flexibility index (Phi) is 3.36. The van der Waals surface area contributed by atoms with Gasteiger partial charge in [0.1, 0.15) is 5.01 Å². The molecule has 20 heavy (non-hydrogen) atoms. The summed E-state index contributed by atoms with van der Waals surface area (Å²) in [7, 11) is 0. The third kappa shape index (κ3) is 2.49. The van der Waals surface area contributed by atoms with E-state index in [1.165, 1.54) is 4.88 Å². The molecule has 0 radical (unpaired) electrons. The predicted octanol–water partition coefficient (Wildman–Crippen LogP) is 2.92. The molecule has 0 saturated carbocycles. The van der Waals surface area contributed by atoms with Gasteiger partial charge in [-0.2, -0.15) is 0 Å². The Morgan fingerprint density at radius 2 is 2.10 bits per heavy atom. The summed E-state index contributed by atoms with van der Waals surface area (Å²) < 4.78 is 1.89. The molecule has 3 aromatic rings. The van der Waals surface area contributed by atoms with Crippen LogP contribution in [0.4, 0.5) is 0 Å². The van der Waals surface area contributed by atoms with Gasteiger partial charge in [-0.1, -0.05) is 12.1 Å². The molecule has 0 fully saturated rings. The van der Waals surface area contributed by atoms with Crippen molar-refractivity contribution >= 4 is 28.2 Å². The van der Waals surface area contributed by atoms with E-state index >= 15 is 0 Å². The number of fused-ring (bicyclic) bond motifs is 1. The SMILES string of the molecule is Cc1nc(CC(=O)Cn2cnc3ccccc32)sc1C. The highest BCUT2D eigenvalue weighted by atomic mass is 32.1. The second-order valence-corrected chi connectivity index (χ2v) is 6.11. The molecule has 1 aromatic carbocycles. The van der Waals surface area contributed by atoms with Crippen LogP contribution < -0.4 is 0 Å². The molecule has 102 valence electrons. The zero-order chi connectivity index (χ0) is 14.1. The van der Waals surface area contributed by atoms with Crippen LogP contribution in [0, 0.1) is 13.8 Å². The molecule has 0 unspecified atom stereocenters. The van der Waals surface area contributed by atoms with Crippen LogP contribution in [-0.4, -0.2) is 20.3 Å². The summed E-state index contributed by atoms with van der Waals surface area (Å²) >= 11 is 1.60. The first kappa shape index (κ1) is 13.0. The lowest BCUT2D eigenvalue weighted by atomic mass is 10.2. The van der Waals surface area contributed by atoms with E-state index < -0.39 is 0 Å². The molecule has 4 nitrogen and oxygen atoms in total. The lowest BCUT2D eigenvalue weighted by Gasteiger charge is -2.02. The fraction of sp³-hybridized carbons (Fsp3) is 0.267. The first-order chi connectivity index (χ1) is 9.63. The number of aryl methyl sites for hydroxylation is 2. The quantitative estimate of drug-likeness (QED) is 0.740. The van der Waals surface area contributed by atoms with Gasteiger partial charge in [0, 0.05) is 4.88 Å². The molecule has 0 aliphatic carbocycles. The molecular formula is C15H15N3OS. The average Bonchev–Trinajstić information content (AvgIpc) is 2.95. The van der Waals surface area contributed by atoms with Crippen LogP contribution in [0.2, 0.25) is 0 Å². The lowest BCUT2D eigenvalue weighted by molar-refractivity contribution is -0.118. The fourth-order valence-electron chi connectivity index (χ4n) is 2.17. The van der Waals surface area contributed by atoms with Gasteiger partial charge in [0.2, 0.25) is 0 Å². The third-order valence-electron chi connectivity index (χ3n) is 3.30. The zero-order valence-electron chi connectivity index (χ0n) is 11.5. The number of nitrogens with zero attached hydrogens (tertiary/aromatic N) is 3. The Hall–Kier alpha value is -2.01. The van der Waals surface area contributed by atoms with Gasteiger partial charge < -0.3 is 4.57 Å². The van der Waals surface area contributed by atoms with Gasteiger partial charge in [-0.05, 0) is 26.0 Å². The summed E-state index contributed by atoms with van der Waals surface area (Å²) in [5.41, 5.74) is 2.93. The van der Waals surface area contributed by atoms with E-state index in [0.29, 0.717) is 13.0 Å². The summed E-state index contributed by atoms with van der Waals surface area (Å²) in [5.74, 6) is 0.155. The molecule has 0 aliphatic heterocycles. The van der Waals surface area contributed by atoms with Crippen LogP contribution in [0.3, 0.4) is 0 Å². The van der Waals surface area contributed by atoms with Gasteiger partial charge in [-0.3, -0.25) is 4.79 Å². The van der Waals surface area contributed by atoms with Crippen LogP contribution in [0.15, 0.2) is 30.6 Å². The first-order valence-electron chi connectivity index (χ1n) is 6.48. The average molecular weight is 285 g/mol. The minimum Gasteiger partial charge on any atom is -0.323 e. The monoisotopic (exact) mass is 285 g/mol. The van der Waals surface area contributed by atoms with E-state index in [0.717, 1.165) is 21.7 Å². The normalized spacial score (nSPS) is 11.1. The minimum absolute atomic E-state index is 0.155. The highest BCUT2D eigenvalue weighted by Gasteiger charge is 2.11. The van der Waals surface area contributed by atoms with Crippen LogP contribution >= 0.6 is 11.3 Å². The maximum atomic E-state index is 12.2. The molecule has 2 heterocycles. The van der Waals surface area contributed by atoms with E-state index in [1.54, 1.807) is 17.7 Å². The van der Waals surface area contributed by atoms with Crippen molar-refractivity contribution in [2.24, 2.45) is 0 Å². The van der Waals surface area contributed by atoms with E-state index in [2.05, 4.69) is 9.97 Å². The summed E-state index contributed by atoms with van der Waals surface area (Å²) in [5, 5.41) is 0.898. The van der Waals surface area contributed by atoms with E-state index in [1.807, 2.05) is 42.7 Å². The van der Waals surface area contributed by atoms with Crippen molar-refractivity contribution in [1.82, 2.24) is 14.5 Å². The Balaban J connectivity index is 1.76. The molecule has 0 amide bonds. The topological polar surface area (TPSA) is 47.8 Å². The Morgan fingerprint density at radius 3 is 2.85 bits per heavy atom. The molecule has 0 saturated heterocycles. The standard InChI is InChI=1S/C15H15N3OS/c1-10-11(2)20-15(17-10)7-12(19)8-18-9-16-13-5-3-4-6-14(13)18/h3-6,9H,7-8H2,1-2H3. The number of carbonyl (C=O) groups excluding carboxylic acids is 1. The predicted molar refractivity (Wildman–Crippen MR) is 80.0 cm³/mol. The fourth-order valence-corrected chi connectivity index (χ4v) is 3.13. The van der Waals surface area contributed by atoms with E-state index in [9.17, 15) is 4.79 Å². The molecule has 0 aliphatic rings. The molecule has 0 bridgehead atoms. The van der Waals surface area contributed by atoms with Crippen molar-refractivity contribution < 1.29 is 4.79 Å². The van der Waals surface area contributed by atoms with Gasteiger partial charge in [-0.25, -0.2) is 9.97 Å². The van der Waals surface area contributed by atoms with Crippen molar-refractivity contribution in [3.05, 3.63) is 46.2 Å². The summed E-state index contributed by atoms with van der Waals surface area (Å²) in [6.07, 6.45) is 2.12.